The normalized spacial score (nSPS) is 20.5. The highest BCUT2D eigenvalue weighted by Crippen LogP contribution is 2.30. The van der Waals surface area contributed by atoms with E-state index in [1.165, 1.54) is 21.7 Å². The van der Waals surface area contributed by atoms with Crippen molar-refractivity contribution >= 4 is 27.5 Å². The molecule has 2 N–H and O–H groups in total. The Balaban J connectivity index is 1.36. The van der Waals surface area contributed by atoms with E-state index in [4.69, 9.17) is 4.98 Å². The van der Waals surface area contributed by atoms with Crippen LogP contribution in [0, 0.1) is 11.6 Å². The lowest BCUT2D eigenvalue weighted by Gasteiger charge is -2.28. The molecular formula is C22H24F2N3OS+. The molecule has 1 aliphatic heterocycles. The van der Waals surface area contributed by atoms with Gasteiger partial charge in [-0.25, -0.2) is 13.8 Å². The summed E-state index contributed by atoms with van der Waals surface area (Å²) in [4.78, 5) is 18.5. The van der Waals surface area contributed by atoms with Gasteiger partial charge in [0.05, 0.1) is 35.3 Å². The van der Waals surface area contributed by atoms with E-state index in [2.05, 4.69) is 11.4 Å². The molecule has 0 spiro atoms. The van der Waals surface area contributed by atoms with Crippen molar-refractivity contribution in [2.24, 2.45) is 0 Å². The molecule has 4 rings (SSSR count). The standard InChI is InChI=1S/C22H23F2N3OS/c1-14(17-9-8-16(23)11-18(17)24)25-21(28)13-27-10-4-5-15(12-27)22-26-19-6-2-3-7-20(19)29-22/h2-3,6-9,11,14-15H,4-5,10,12-13H2,1H3,(H,25,28)/p+1/t14-,15-/m0/s1. The van der Waals surface area contributed by atoms with Gasteiger partial charge in [-0.3, -0.25) is 4.79 Å². The minimum Gasteiger partial charge on any atom is -0.345 e. The number of carbonyl (C=O) groups excluding carboxylic acids is 1. The van der Waals surface area contributed by atoms with Crippen LogP contribution in [0.15, 0.2) is 42.5 Å². The van der Waals surface area contributed by atoms with Crippen LogP contribution in [0.5, 0.6) is 0 Å². The predicted molar refractivity (Wildman–Crippen MR) is 110 cm³/mol. The molecule has 4 nitrogen and oxygen atoms in total. The molecule has 1 aromatic heterocycles. The minimum atomic E-state index is -0.640. The van der Waals surface area contributed by atoms with Crippen LogP contribution in [0.25, 0.3) is 10.2 Å². The van der Waals surface area contributed by atoms with Crippen LogP contribution in [0.4, 0.5) is 8.78 Å². The molecule has 0 bridgehead atoms. The molecule has 2 heterocycles. The van der Waals surface area contributed by atoms with Crippen molar-refractivity contribution in [2.45, 2.75) is 31.7 Å². The number of rotatable bonds is 5. The summed E-state index contributed by atoms with van der Waals surface area (Å²) in [5, 5.41) is 3.99. The molecule has 2 aromatic carbocycles. The van der Waals surface area contributed by atoms with Crippen molar-refractivity contribution in [2.75, 3.05) is 19.6 Å². The lowest BCUT2D eigenvalue weighted by atomic mass is 9.98. The van der Waals surface area contributed by atoms with E-state index in [0.717, 1.165) is 42.5 Å². The number of para-hydroxylation sites is 1. The molecular weight excluding hydrogens is 392 g/mol. The average Bonchev–Trinajstić information content (AvgIpc) is 3.12. The fraction of sp³-hybridized carbons (Fsp3) is 0.364. The van der Waals surface area contributed by atoms with Gasteiger partial charge >= 0.3 is 0 Å². The minimum absolute atomic E-state index is 0.124. The van der Waals surface area contributed by atoms with Gasteiger partial charge in [0.15, 0.2) is 6.54 Å². The zero-order chi connectivity index (χ0) is 20.4. The summed E-state index contributed by atoms with van der Waals surface area (Å²) in [7, 11) is 0. The van der Waals surface area contributed by atoms with Crippen LogP contribution in [-0.4, -0.2) is 30.5 Å². The van der Waals surface area contributed by atoms with Gasteiger partial charge in [-0.1, -0.05) is 18.2 Å². The number of hydrogen-bond donors (Lipinski definition) is 2. The number of thiazole rings is 1. The quantitative estimate of drug-likeness (QED) is 0.671. The van der Waals surface area contributed by atoms with Gasteiger partial charge in [0.1, 0.15) is 16.6 Å². The smallest absolute Gasteiger partial charge is 0.275 e. The Kier molecular flexibility index (Phi) is 5.87. The first-order valence-electron chi connectivity index (χ1n) is 9.93. The van der Waals surface area contributed by atoms with E-state index in [1.54, 1.807) is 18.3 Å². The molecule has 0 radical (unpaired) electrons. The zero-order valence-electron chi connectivity index (χ0n) is 16.3. The maximum atomic E-state index is 13.9. The van der Waals surface area contributed by atoms with E-state index < -0.39 is 17.7 Å². The molecule has 0 saturated carbocycles. The molecule has 29 heavy (non-hydrogen) atoms. The Morgan fingerprint density at radius 2 is 2.14 bits per heavy atom. The van der Waals surface area contributed by atoms with Crippen LogP contribution in [-0.2, 0) is 4.79 Å². The van der Waals surface area contributed by atoms with Crippen molar-refractivity contribution < 1.29 is 18.5 Å². The van der Waals surface area contributed by atoms with Gasteiger partial charge < -0.3 is 10.2 Å². The second kappa shape index (κ2) is 8.55. The highest BCUT2D eigenvalue weighted by atomic mass is 32.1. The van der Waals surface area contributed by atoms with Gasteiger partial charge in [0.25, 0.3) is 5.91 Å². The summed E-state index contributed by atoms with van der Waals surface area (Å²) in [6, 6.07) is 11.1. The second-order valence-electron chi connectivity index (χ2n) is 7.69. The van der Waals surface area contributed by atoms with Gasteiger partial charge in [0.2, 0.25) is 0 Å². The van der Waals surface area contributed by atoms with E-state index in [-0.39, 0.29) is 5.91 Å². The SMILES string of the molecule is C[C@H](NC(=O)C[NH+]1CCC[C@H](c2nc3ccccc3s2)C1)c1ccc(F)cc1F. The number of benzene rings is 2. The highest BCUT2D eigenvalue weighted by molar-refractivity contribution is 7.18. The molecule has 1 unspecified atom stereocenters. The summed E-state index contributed by atoms with van der Waals surface area (Å²) in [6.07, 6.45) is 2.13. The van der Waals surface area contributed by atoms with E-state index in [0.29, 0.717) is 18.0 Å². The molecule has 3 atom stereocenters. The Morgan fingerprint density at radius 3 is 2.93 bits per heavy atom. The van der Waals surface area contributed by atoms with E-state index >= 15 is 0 Å². The highest BCUT2D eigenvalue weighted by Gasteiger charge is 2.28. The van der Waals surface area contributed by atoms with Crippen molar-refractivity contribution in [1.82, 2.24) is 10.3 Å². The number of nitrogens with zero attached hydrogens (tertiary/aromatic N) is 1. The third kappa shape index (κ3) is 4.62. The Bertz CT molecular complexity index is 989. The topological polar surface area (TPSA) is 46.4 Å². The summed E-state index contributed by atoms with van der Waals surface area (Å²) >= 11 is 1.74. The molecule has 1 fully saturated rings. The van der Waals surface area contributed by atoms with Crippen LogP contribution < -0.4 is 10.2 Å². The Hall–Kier alpha value is -2.38. The first kappa shape index (κ1) is 19.9. The summed E-state index contributed by atoms with van der Waals surface area (Å²) < 4.78 is 28.2. The number of quaternary nitrogens is 1. The number of carbonyl (C=O) groups is 1. The molecule has 0 aliphatic carbocycles. The lowest BCUT2D eigenvalue weighted by Crippen LogP contribution is -3.14. The van der Waals surface area contributed by atoms with Crippen molar-refractivity contribution in [3.8, 4) is 0 Å². The third-order valence-corrected chi connectivity index (χ3v) is 6.69. The maximum Gasteiger partial charge on any atom is 0.275 e. The fourth-order valence-corrected chi connectivity index (χ4v) is 5.14. The molecule has 3 aromatic rings. The van der Waals surface area contributed by atoms with Crippen LogP contribution in [0.2, 0.25) is 0 Å². The van der Waals surface area contributed by atoms with E-state index in [9.17, 15) is 13.6 Å². The van der Waals surface area contributed by atoms with Gasteiger partial charge in [-0.05, 0) is 38.0 Å². The predicted octanol–water partition coefficient (Wildman–Crippen LogP) is 3.21. The third-order valence-electron chi connectivity index (χ3n) is 5.49. The van der Waals surface area contributed by atoms with Crippen molar-refractivity contribution in [3.05, 3.63) is 64.7 Å². The molecule has 1 aliphatic rings. The first-order valence-corrected chi connectivity index (χ1v) is 10.7. The molecule has 152 valence electrons. The Morgan fingerprint density at radius 1 is 1.31 bits per heavy atom. The summed E-state index contributed by atoms with van der Waals surface area (Å²) in [6.45, 7) is 3.86. The fourth-order valence-electron chi connectivity index (χ4n) is 4.04. The van der Waals surface area contributed by atoms with Gasteiger partial charge in [-0.15, -0.1) is 11.3 Å². The molecule has 1 saturated heterocycles. The summed E-state index contributed by atoms with van der Waals surface area (Å²) in [5.41, 5.74) is 1.33. The average molecular weight is 417 g/mol. The number of hydrogen-bond acceptors (Lipinski definition) is 3. The lowest BCUT2D eigenvalue weighted by molar-refractivity contribution is -0.898. The zero-order valence-corrected chi connectivity index (χ0v) is 17.1. The first-order chi connectivity index (χ1) is 14.0. The number of amides is 1. The summed E-state index contributed by atoms with van der Waals surface area (Å²) in [5.74, 6) is -1.03. The van der Waals surface area contributed by atoms with Crippen LogP contribution in [0.1, 0.15) is 42.3 Å². The number of aromatic nitrogens is 1. The number of halogens is 2. The monoisotopic (exact) mass is 416 g/mol. The maximum absolute atomic E-state index is 13.9. The van der Waals surface area contributed by atoms with Crippen molar-refractivity contribution in [1.29, 1.82) is 0 Å². The van der Waals surface area contributed by atoms with E-state index in [1.807, 2.05) is 18.2 Å². The van der Waals surface area contributed by atoms with Crippen molar-refractivity contribution in [3.63, 3.8) is 0 Å². The molecule has 1 amide bonds. The van der Waals surface area contributed by atoms with Crippen LogP contribution >= 0.6 is 11.3 Å². The van der Waals surface area contributed by atoms with Gasteiger partial charge in [0, 0.05) is 11.6 Å². The van der Waals surface area contributed by atoms with Gasteiger partial charge in [-0.2, -0.15) is 0 Å². The number of likely N-dealkylation sites (tertiary alicyclic amines) is 1. The second-order valence-corrected chi connectivity index (χ2v) is 8.76. The number of fused-ring (bicyclic) bond motifs is 1. The largest absolute Gasteiger partial charge is 0.345 e. The number of nitrogens with one attached hydrogen (secondary N) is 2. The van der Waals surface area contributed by atoms with Crippen LogP contribution in [0.3, 0.4) is 0 Å². The molecule has 7 heteroatoms. The number of piperidine rings is 1. The Labute approximate surface area is 172 Å².